The molecule has 1 heterocycles. The number of nitrogens with zero attached hydrogens (tertiary/aromatic N) is 1. The highest BCUT2D eigenvalue weighted by Crippen LogP contribution is 2.27. The summed E-state index contributed by atoms with van der Waals surface area (Å²) in [6.45, 7) is 1.77. The van der Waals surface area contributed by atoms with Crippen molar-refractivity contribution in [2.45, 2.75) is 11.8 Å². The molecule has 4 N–H and O–H groups in total. The summed E-state index contributed by atoms with van der Waals surface area (Å²) in [4.78, 5) is 23.7. The molecular formula is C13H14N4O2S. The molecule has 1 aromatic heterocycles. The largest absolute Gasteiger partial charge is 0.369 e. The van der Waals surface area contributed by atoms with Crippen molar-refractivity contribution in [1.29, 1.82) is 0 Å². The number of carbonyl (C=O) groups is 2. The van der Waals surface area contributed by atoms with Gasteiger partial charge in [-0.1, -0.05) is 12.1 Å². The number of aromatic amines is 1. The molecule has 0 saturated heterocycles. The summed E-state index contributed by atoms with van der Waals surface area (Å²) in [6, 6.07) is 7.25. The Morgan fingerprint density at radius 3 is 2.80 bits per heavy atom. The summed E-state index contributed by atoms with van der Waals surface area (Å²) in [5, 5.41) is 9.33. The Hall–Kier alpha value is -2.28. The minimum absolute atomic E-state index is 0.164. The van der Waals surface area contributed by atoms with Gasteiger partial charge >= 0.3 is 0 Å². The molecule has 2 aromatic rings. The van der Waals surface area contributed by atoms with E-state index in [0.29, 0.717) is 16.9 Å². The van der Waals surface area contributed by atoms with Crippen molar-refractivity contribution in [2.24, 2.45) is 5.73 Å². The molecule has 0 radical (unpaired) electrons. The van der Waals surface area contributed by atoms with Crippen LogP contribution in [0.5, 0.6) is 0 Å². The fraction of sp³-hybridized carbons (Fsp3) is 0.154. The SMILES string of the molecule is Cc1[nH]ncc1C(=O)Nc1ccccc1SCC(N)=O. The summed E-state index contributed by atoms with van der Waals surface area (Å²) in [7, 11) is 0. The molecule has 0 aliphatic rings. The van der Waals surface area contributed by atoms with Crippen LogP contribution in [0.25, 0.3) is 0 Å². The Kier molecular flexibility index (Phi) is 4.41. The molecule has 0 bridgehead atoms. The van der Waals surface area contributed by atoms with Crippen LogP contribution >= 0.6 is 11.8 Å². The van der Waals surface area contributed by atoms with Crippen molar-refractivity contribution in [3.63, 3.8) is 0 Å². The van der Waals surface area contributed by atoms with Crippen molar-refractivity contribution in [2.75, 3.05) is 11.1 Å². The molecular weight excluding hydrogens is 276 g/mol. The molecule has 2 rings (SSSR count). The lowest BCUT2D eigenvalue weighted by Gasteiger charge is -2.09. The van der Waals surface area contributed by atoms with Gasteiger partial charge < -0.3 is 11.1 Å². The van der Waals surface area contributed by atoms with Crippen molar-refractivity contribution in [1.82, 2.24) is 10.2 Å². The second-order valence-corrected chi connectivity index (χ2v) is 5.13. The second kappa shape index (κ2) is 6.25. The summed E-state index contributed by atoms with van der Waals surface area (Å²) in [5.74, 6) is -0.484. The highest BCUT2D eigenvalue weighted by atomic mass is 32.2. The van der Waals surface area contributed by atoms with Crippen LogP contribution in [0.3, 0.4) is 0 Å². The van der Waals surface area contributed by atoms with Crippen molar-refractivity contribution >= 4 is 29.3 Å². The van der Waals surface area contributed by atoms with Crippen molar-refractivity contribution in [3.8, 4) is 0 Å². The van der Waals surface area contributed by atoms with Gasteiger partial charge in [0.1, 0.15) is 0 Å². The third kappa shape index (κ3) is 3.39. The van der Waals surface area contributed by atoms with E-state index in [9.17, 15) is 9.59 Å². The van der Waals surface area contributed by atoms with E-state index in [1.165, 1.54) is 18.0 Å². The summed E-state index contributed by atoms with van der Waals surface area (Å²) in [5.41, 5.74) is 6.96. The van der Waals surface area contributed by atoms with Crippen LogP contribution < -0.4 is 11.1 Å². The van der Waals surface area contributed by atoms with Crippen molar-refractivity contribution in [3.05, 3.63) is 41.7 Å². The van der Waals surface area contributed by atoms with Gasteiger partial charge in [0.15, 0.2) is 0 Å². The number of nitrogens with one attached hydrogen (secondary N) is 2. The zero-order chi connectivity index (χ0) is 14.5. The lowest BCUT2D eigenvalue weighted by atomic mass is 10.2. The zero-order valence-electron chi connectivity index (χ0n) is 10.8. The summed E-state index contributed by atoms with van der Waals surface area (Å²) >= 11 is 1.29. The predicted molar refractivity (Wildman–Crippen MR) is 77.6 cm³/mol. The number of primary amides is 1. The molecule has 0 fully saturated rings. The first kappa shape index (κ1) is 14.1. The van der Waals surface area contributed by atoms with Gasteiger partial charge in [0.25, 0.3) is 5.91 Å². The number of hydrogen-bond donors (Lipinski definition) is 3. The van der Waals surface area contributed by atoms with Gasteiger partial charge in [-0.05, 0) is 19.1 Å². The van der Waals surface area contributed by atoms with E-state index < -0.39 is 5.91 Å². The highest BCUT2D eigenvalue weighted by molar-refractivity contribution is 8.00. The lowest BCUT2D eigenvalue weighted by Crippen LogP contribution is -2.15. The van der Waals surface area contributed by atoms with Crippen LogP contribution in [0.1, 0.15) is 16.1 Å². The first-order valence-corrected chi connectivity index (χ1v) is 6.88. The van der Waals surface area contributed by atoms with E-state index >= 15 is 0 Å². The number of thioether (sulfide) groups is 1. The number of para-hydroxylation sites is 1. The minimum Gasteiger partial charge on any atom is -0.369 e. The van der Waals surface area contributed by atoms with E-state index in [2.05, 4.69) is 15.5 Å². The maximum Gasteiger partial charge on any atom is 0.259 e. The van der Waals surface area contributed by atoms with E-state index in [1.54, 1.807) is 13.0 Å². The number of anilines is 1. The molecule has 0 atom stereocenters. The monoisotopic (exact) mass is 290 g/mol. The fourth-order valence-corrected chi connectivity index (χ4v) is 2.36. The number of benzene rings is 1. The number of amides is 2. The average molecular weight is 290 g/mol. The number of aryl methyl sites for hydroxylation is 1. The Balaban J connectivity index is 2.15. The molecule has 6 nitrogen and oxygen atoms in total. The number of rotatable bonds is 5. The molecule has 0 spiro atoms. The van der Waals surface area contributed by atoms with Gasteiger partial charge in [-0.15, -0.1) is 11.8 Å². The van der Waals surface area contributed by atoms with Gasteiger partial charge in [0.2, 0.25) is 5.91 Å². The van der Waals surface area contributed by atoms with Crippen molar-refractivity contribution < 1.29 is 9.59 Å². The van der Waals surface area contributed by atoms with Crippen LogP contribution in [0.4, 0.5) is 5.69 Å². The Morgan fingerprint density at radius 1 is 1.40 bits per heavy atom. The first-order valence-electron chi connectivity index (χ1n) is 5.89. The van der Waals surface area contributed by atoms with E-state index in [4.69, 9.17) is 5.73 Å². The maximum absolute atomic E-state index is 12.1. The fourth-order valence-electron chi connectivity index (χ4n) is 1.61. The third-order valence-corrected chi connectivity index (χ3v) is 3.68. The van der Waals surface area contributed by atoms with E-state index in [0.717, 1.165) is 4.90 Å². The average Bonchev–Trinajstić information content (AvgIpc) is 2.84. The van der Waals surface area contributed by atoms with Gasteiger partial charge in [-0.3, -0.25) is 14.7 Å². The van der Waals surface area contributed by atoms with Crippen LogP contribution in [-0.2, 0) is 4.79 Å². The number of hydrogen-bond acceptors (Lipinski definition) is 4. The van der Waals surface area contributed by atoms with E-state index in [-0.39, 0.29) is 11.7 Å². The van der Waals surface area contributed by atoms with Crippen LogP contribution in [0, 0.1) is 6.92 Å². The van der Waals surface area contributed by atoms with Gasteiger partial charge in [-0.2, -0.15) is 5.10 Å². The second-order valence-electron chi connectivity index (χ2n) is 4.11. The topological polar surface area (TPSA) is 101 Å². The van der Waals surface area contributed by atoms with Crippen LogP contribution in [0.15, 0.2) is 35.4 Å². The first-order chi connectivity index (χ1) is 9.58. The van der Waals surface area contributed by atoms with Crippen LogP contribution in [-0.4, -0.2) is 27.8 Å². The Morgan fingerprint density at radius 2 is 2.15 bits per heavy atom. The van der Waals surface area contributed by atoms with Gasteiger partial charge in [-0.25, -0.2) is 0 Å². The lowest BCUT2D eigenvalue weighted by molar-refractivity contribution is -0.115. The van der Waals surface area contributed by atoms with Crippen LogP contribution in [0.2, 0.25) is 0 Å². The molecule has 104 valence electrons. The number of nitrogens with two attached hydrogens (primary N) is 1. The standard InChI is InChI=1S/C13H14N4O2S/c1-8-9(6-15-17-8)13(19)16-10-4-2-3-5-11(10)20-7-12(14)18/h2-6H,7H2,1H3,(H2,14,18)(H,15,17)(H,16,19). The maximum atomic E-state index is 12.1. The number of H-pyrrole nitrogens is 1. The molecule has 20 heavy (non-hydrogen) atoms. The number of carbonyl (C=O) groups excluding carboxylic acids is 2. The highest BCUT2D eigenvalue weighted by Gasteiger charge is 2.13. The summed E-state index contributed by atoms with van der Waals surface area (Å²) < 4.78 is 0. The summed E-state index contributed by atoms with van der Waals surface area (Å²) in [6.07, 6.45) is 1.48. The minimum atomic E-state index is -0.401. The molecule has 0 aliphatic heterocycles. The molecule has 0 aliphatic carbocycles. The Labute approximate surface area is 120 Å². The number of aromatic nitrogens is 2. The molecule has 1 aromatic carbocycles. The molecule has 2 amide bonds. The molecule has 7 heteroatoms. The van der Waals surface area contributed by atoms with Gasteiger partial charge in [0, 0.05) is 10.6 Å². The van der Waals surface area contributed by atoms with E-state index in [1.807, 2.05) is 18.2 Å². The molecule has 0 saturated carbocycles. The zero-order valence-corrected chi connectivity index (χ0v) is 11.7. The smallest absolute Gasteiger partial charge is 0.259 e. The predicted octanol–water partition coefficient (Wildman–Crippen LogP) is 1.55. The normalized spacial score (nSPS) is 10.2. The quantitative estimate of drug-likeness (QED) is 0.727. The Bertz CT molecular complexity index is 639. The third-order valence-electron chi connectivity index (χ3n) is 2.58. The van der Waals surface area contributed by atoms with Gasteiger partial charge in [0.05, 0.1) is 23.2 Å². The molecule has 0 unspecified atom stereocenters.